The molecule has 0 bridgehead atoms. The second-order valence-electron chi connectivity index (χ2n) is 2.65. The first-order valence-corrected chi connectivity index (χ1v) is 5.27. The molecular formula is C9H6Br2N2. The van der Waals surface area contributed by atoms with Crippen molar-refractivity contribution in [1.82, 2.24) is 4.98 Å². The number of rotatable bonds is 0. The fourth-order valence-corrected chi connectivity index (χ4v) is 2.47. The van der Waals surface area contributed by atoms with Crippen LogP contribution in [0.5, 0.6) is 0 Å². The lowest BCUT2D eigenvalue weighted by Crippen LogP contribution is -1.91. The smallest absolute Gasteiger partial charge is 0.0954 e. The predicted octanol–water partition coefficient (Wildman–Crippen LogP) is 3.34. The van der Waals surface area contributed by atoms with Crippen molar-refractivity contribution in [2.24, 2.45) is 0 Å². The van der Waals surface area contributed by atoms with E-state index in [-0.39, 0.29) is 0 Å². The van der Waals surface area contributed by atoms with E-state index in [2.05, 4.69) is 36.8 Å². The fourth-order valence-electron chi connectivity index (χ4n) is 1.19. The number of anilines is 1. The van der Waals surface area contributed by atoms with Crippen molar-refractivity contribution in [3.05, 3.63) is 33.3 Å². The van der Waals surface area contributed by atoms with Gasteiger partial charge >= 0.3 is 0 Å². The summed E-state index contributed by atoms with van der Waals surface area (Å²) in [7, 11) is 0. The van der Waals surface area contributed by atoms with Gasteiger partial charge in [0.25, 0.3) is 0 Å². The number of hydrogen-bond donors (Lipinski definition) is 1. The third-order valence-corrected chi connectivity index (χ3v) is 3.14. The van der Waals surface area contributed by atoms with E-state index in [0.29, 0.717) is 5.69 Å². The molecule has 66 valence electrons. The Morgan fingerprint density at radius 2 is 2.00 bits per heavy atom. The third kappa shape index (κ3) is 1.44. The SMILES string of the molecule is Nc1c(Br)cc(Br)c2cccnc12. The number of halogens is 2. The van der Waals surface area contributed by atoms with Crippen molar-refractivity contribution in [2.75, 3.05) is 5.73 Å². The van der Waals surface area contributed by atoms with E-state index in [1.54, 1.807) is 6.20 Å². The first-order chi connectivity index (χ1) is 6.20. The summed E-state index contributed by atoms with van der Waals surface area (Å²) in [6.07, 6.45) is 1.73. The minimum atomic E-state index is 0.679. The van der Waals surface area contributed by atoms with Crippen molar-refractivity contribution in [3.8, 4) is 0 Å². The Morgan fingerprint density at radius 3 is 2.77 bits per heavy atom. The lowest BCUT2D eigenvalue weighted by atomic mass is 10.2. The molecule has 13 heavy (non-hydrogen) atoms. The molecule has 0 aliphatic carbocycles. The van der Waals surface area contributed by atoms with Crippen LogP contribution in [0.1, 0.15) is 0 Å². The molecule has 1 heterocycles. The standard InChI is InChI=1S/C9H6Br2N2/c10-6-4-7(11)8(12)9-5(6)2-1-3-13-9/h1-4H,12H2. The maximum Gasteiger partial charge on any atom is 0.0954 e. The van der Waals surface area contributed by atoms with E-state index in [1.807, 2.05) is 18.2 Å². The summed E-state index contributed by atoms with van der Waals surface area (Å²) in [5, 5.41) is 1.03. The molecule has 1 aromatic carbocycles. The highest BCUT2D eigenvalue weighted by Gasteiger charge is 2.06. The van der Waals surface area contributed by atoms with E-state index < -0.39 is 0 Å². The zero-order valence-corrected chi connectivity index (χ0v) is 9.76. The third-order valence-electron chi connectivity index (χ3n) is 1.83. The van der Waals surface area contributed by atoms with Crippen LogP contribution in [-0.4, -0.2) is 4.98 Å². The molecule has 0 fully saturated rings. The van der Waals surface area contributed by atoms with Gasteiger partial charge in [0.2, 0.25) is 0 Å². The summed E-state index contributed by atoms with van der Waals surface area (Å²) in [6.45, 7) is 0. The number of nitrogens with two attached hydrogens (primary N) is 1. The van der Waals surface area contributed by atoms with Crippen LogP contribution in [0.25, 0.3) is 10.9 Å². The van der Waals surface area contributed by atoms with Gasteiger partial charge in [0.1, 0.15) is 0 Å². The fraction of sp³-hybridized carbons (Fsp3) is 0. The zero-order valence-electron chi connectivity index (χ0n) is 6.59. The van der Waals surface area contributed by atoms with Crippen LogP contribution in [0.4, 0.5) is 5.69 Å². The summed E-state index contributed by atoms with van der Waals surface area (Å²) in [5.74, 6) is 0. The Kier molecular flexibility index (Phi) is 2.26. The topological polar surface area (TPSA) is 38.9 Å². The monoisotopic (exact) mass is 300 g/mol. The number of benzene rings is 1. The van der Waals surface area contributed by atoms with Gasteiger partial charge in [-0.15, -0.1) is 0 Å². The van der Waals surface area contributed by atoms with Gasteiger partial charge < -0.3 is 5.73 Å². The molecule has 4 heteroatoms. The quantitative estimate of drug-likeness (QED) is 0.758. The lowest BCUT2D eigenvalue weighted by Gasteiger charge is -2.04. The molecule has 0 spiro atoms. The van der Waals surface area contributed by atoms with Crippen molar-refractivity contribution in [3.63, 3.8) is 0 Å². The maximum atomic E-state index is 5.86. The normalized spacial score (nSPS) is 10.6. The molecule has 0 saturated carbocycles. The molecule has 2 aromatic rings. The van der Waals surface area contributed by atoms with Crippen LogP contribution < -0.4 is 5.73 Å². The van der Waals surface area contributed by atoms with E-state index in [0.717, 1.165) is 19.8 Å². The summed E-state index contributed by atoms with van der Waals surface area (Å²) in [4.78, 5) is 4.22. The zero-order chi connectivity index (χ0) is 9.42. The lowest BCUT2D eigenvalue weighted by molar-refractivity contribution is 1.40. The Balaban J connectivity index is 2.97. The highest BCUT2D eigenvalue weighted by molar-refractivity contribution is 9.11. The number of nitrogens with zero attached hydrogens (tertiary/aromatic N) is 1. The molecule has 1 aromatic heterocycles. The average Bonchev–Trinajstić information content (AvgIpc) is 2.15. The van der Waals surface area contributed by atoms with Crippen LogP contribution >= 0.6 is 31.9 Å². The van der Waals surface area contributed by atoms with Gasteiger partial charge in [0.15, 0.2) is 0 Å². The highest BCUT2D eigenvalue weighted by atomic mass is 79.9. The van der Waals surface area contributed by atoms with Crippen molar-refractivity contribution < 1.29 is 0 Å². The van der Waals surface area contributed by atoms with Crippen molar-refractivity contribution in [2.45, 2.75) is 0 Å². The molecule has 0 aliphatic heterocycles. The minimum Gasteiger partial charge on any atom is -0.396 e. The Labute approximate surface area is 92.4 Å². The molecule has 0 aliphatic rings. The molecular weight excluding hydrogens is 296 g/mol. The van der Waals surface area contributed by atoms with Gasteiger partial charge in [-0.05, 0) is 28.1 Å². The number of fused-ring (bicyclic) bond motifs is 1. The molecule has 2 rings (SSSR count). The van der Waals surface area contributed by atoms with Gasteiger partial charge in [-0.3, -0.25) is 4.98 Å². The van der Waals surface area contributed by atoms with Crippen molar-refractivity contribution in [1.29, 1.82) is 0 Å². The van der Waals surface area contributed by atoms with E-state index in [9.17, 15) is 0 Å². The van der Waals surface area contributed by atoms with E-state index in [1.165, 1.54) is 0 Å². The van der Waals surface area contributed by atoms with Crippen LogP contribution in [0.2, 0.25) is 0 Å². The van der Waals surface area contributed by atoms with Crippen molar-refractivity contribution >= 4 is 48.5 Å². The van der Waals surface area contributed by atoms with Gasteiger partial charge in [0.05, 0.1) is 11.2 Å². The van der Waals surface area contributed by atoms with Gasteiger partial charge in [-0.2, -0.15) is 0 Å². The van der Waals surface area contributed by atoms with Gasteiger partial charge in [-0.1, -0.05) is 22.0 Å². The number of aromatic nitrogens is 1. The minimum absolute atomic E-state index is 0.679. The summed E-state index contributed by atoms with van der Waals surface area (Å²) in [5.41, 5.74) is 7.36. The first kappa shape index (κ1) is 8.97. The molecule has 0 amide bonds. The van der Waals surface area contributed by atoms with E-state index >= 15 is 0 Å². The summed E-state index contributed by atoms with van der Waals surface area (Å²) >= 11 is 6.83. The number of nitrogen functional groups attached to an aromatic ring is 1. The van der Waals surface area contributed by atoms with Crippen LogP contribution in [0.15, 0.2) is 33.3 Å². The summed E-state index contributed by atoms with van der Waals surface area (Å²) < 4.78 is 1.86. The van der Waals surface area contributed by atoms with Gasteiger partial charge in [-0.25, -0.2) is 0 Å². The second kappa shape index (κ2) is 3.27. The maximum absolute atomic E-state index is 5.86. The predicted molar refractivity (Wildman–Crippen MR) is 61.6 cm³/mol. The molecule has 0 saturated heterocycles. The number of pyridine rings is 1. The van der Waals surface area contributed by atoms with Crippen LogP contribution in [0.3, 0.4) is 0 Å². The molecule has 0 unspecified atom stereocenters. The average molecular weight is 302 g/mol. The van der Waals surface area contributed by atoms with Gasteiger partial charge in [0, 0.05) is 20.5 Å². The van der Waals surface area contributed by atoms with Crippen LogP contribution in [0, 0.1) is 0 Å². The molecule has 2 N–H and O–H groups in total. The Morgan fingerprint density at radius 1 is 1.23 bits per heavy atom. The largest absolute Gasteiger partial charge is 0.396 e. The first-order valence-electron chi connectivity index (χ1n) is 3.68. The van der Waals surface area contributed by atoms with E-state index in [4.69, 9.17) is 5.73 Å². The molecule has 0 atom stereocenters. The molecule has 2 nitrogen and oxygen atoms in total. The van der Waals surface area contributed by atoms with Crippen LogP contribution in [-0.2, 0) is 0 Å². The second-order valence-corrected chi connectivity index (χ2v) is 4.36. The number of hydrogen-bond acceptors (Lipinski definition) is 2. The Bertz CT molecular complexity index is 468. The Hall–Kier alpha value is -0.610. The highest BCUT2D eigenvalue weighted by Crippen LogP contribution is 2.33. The summed E-state index contributed by atoms with van der Waals surface area (Å²) in [6, 6.07) is 5.80. The molecule has 0 radical (unpaired) electrons.